The third kappa shape index (κ3) is 2.46. The molecular formula is C8H15N3S. The van der Waals surface area contributed by atoms with Crippen LogP contribution in [0.1, 0.15) is 25.5 Å². The molecule has 0 saturated carbocycles. The van der Waals surface area contributed by atoms with Crippen LogP contribution in [0, 0.1) is 0 Å². The van der Waals surface area contributed by atoms with Crippen LogP contribution in [0.2, 0.25) is 0 Å². The summed E-state index contributed by atoms with van der Waals surface area (Å²) in [5.41, 5.74) is 6.63. The van der Waals surface area contributed by atoms with Crippen LogP contribution in [0.4, 0.5) is 5.13 Å². The molecule has 0 aliphatic rings. The molecule has 1 atom stereocenters. The summed E-state index contributed by atoms with van der Waals surface area (Å²) < 4.78 is 0. The number of nitrogens with two attached hydrogens (primary N) is 1. The van der Waals surface area contributed by atoms with Gasteiger partial charge in [0.05, 0.1) is 5.69 Å². The van der Waals surface area contributed by atoms with E-state index in [2.05, 4.69) is 24.1 Å². The van der Waals surface area contributed by atoms with E-state index in [0.717, 1.165) is 18.8 Å². The molecule has 1 aromatic rings. The highest BCUT2D eigenvalue weighted by Crippen LogP contribution is 2.18. The van der Waals surface area contributed by atoms with E-state index in [4.69, 9.17) is 5.73 Å². The summed E-state index contributed by atoms with van der Waals surface area (Å²) in [6, 6.07) is 0. The number of anilines is 1. The molecule has 3 N–H and O–H groups in total. The van der Waals surface area contributed by atoms with E-state index in [1.807, 2.05) is 5.38 Å². The summed E-state index contributed by atoms with van der Waals surface area (Å²) in [6.07, 6.45) is 0. The fraction of sp³-hybridized carbons (Fsp3) is 0.625. The van der Waals surface area contributed by atoms with Crippen LogP contribution in [0.15, 0.2) is 5.38 Å². The van der Waals surface area contributed by atoms with Gasteiger partial charge in [-0.05, 0) is 6.54 Å². The van der Waals surface area contributed by atoms with E-state index in [0.29, 0.717) is 11.0 Å². The molecule has 1 unspecified atom stereocenters. The van der Waals surface area contributed by atoms with Crippen LogP contribution < -0.4 is 11.1 Å². The van der Waals surface area contributed by atoms with E-state index >= 15 is 0 Å². The molecule has 0 radical (unpaired) electrons. The summed E-state index contributed by atoms with van der Waals surface area (Å²) in [7, 11) is 0. The Balaban J connectivity index is 2.47. The number of nitrogens with one attached hydrogen (secondary N) is 1. The first-order valence-corrected chi connectivity index (χ1v) is 5.03. The average Bonchev–Trinajstić information content (AvgIpc) is 2.47. The molecular weight excluding hydrogens is 170 g/mol. The average molecular weight is 185 g/mol. The first kappa shape index (κ1) is 9.48. The second-order valence-corrected chi connectivity index (χ2v) is 3.71. The Morgan fingerprint density at radius 1 is 1.75 bits per heavy atom. The first-order chi connectivity index (χ1) is 5.74. The minimum absolute atomic E-state index is 0.457. The normalized spacial score (nSPS) is 13.2. The van der Waals surface area contributed by atoms with Gasteiger partial charge in [-0.3, -0.25) is 0 Å². The second-order valence-electron chi connectivity index (χ2n) is 2.82. The lowest BCUT2D eigenvalue weighted by Crippen LogP contribution is -2.19. The number of nitrogen functional groups attached to an aromatic ring is 1. The molecule has 12 heavy (non-hydrogen) atoms. The standard InChI is InChI=1S/C8H15N3S/c1-3-10-4-6(2)7-5-12-8(9)11-7/h5-6,10H,3-4H2,1-2H3,(H2,9,11). The van der Waals surface area contributed by atoms with Crippen LogP contribution >= 0.6 is 11.3 Å². The number of hydrogen-bond donors (Lipinski definition) is 2. The van der Waals surface area contributed by atoms with Crippen LogP contribution in [0.5, 0.6) is 0 Å². The van der Waals surface area contributed by atoms with Gasteiger partial charge in [0.2, 0.25) is 0 Å². The van der Waals surface area contributed by atoms with Crippen molar-refractivity contribution >= 4 is 16.5 Å². The monoisotopic (exact) mass is 185 g/mol. The van der Waals surface area contributed by atoms with E-state index in [9.17, 15) is 0 Å². The van der Waals surface area contributed by atoms with Crippen molar-refractivity contribution in [3.8, 4) is 0 Å². The minimum atomic E-state index is 0.457. The SMILES string of the molecule is CCNCC(C)c1csc(N)n1. The molecule has 0 spiro atoms. The molecule has 0 aliphatic heterocycles. The fourth-order valence-electron chi connectivity index (χ4n) is 0.992. The Morgan fingerprint density at radius 2 is 2.50 bits per heavy atom. The molecule has 0 fully saturated rings. The maximum absolute atomic E-state index is 5.53. The van der Waals surface area contributed by atoms with E-state index in [1.165, 1.54) is 11.3 Å². The van der Waals surface area contributed by atoms with Crippen molar-refractivity contribution in [2.75, 3.05) is 18.8 Å². The van der Waals surface area contributed by atoms with Gasteiger partial charge in [0.15, 0.2) is 5.13 Å². The van der Waals surface area contributed by atoms with Crippen molar-refractivity contribution < 1.29 is 0 Å². The first-order valence-electron chi connectivity index (χ1n) is 4.15. The maximum atomic E-state index is 5.53. The van der Waals surface area contributed by atoms with Gasteiger partial charge in [-0.25, -0.2) is 4.98 Å². The maximum Gasteiger partial charge on any atom is 0.180 e. The highest BCUT2D eigenvalue weighted by Gasteiger charge is 2.07. The lowest BCUT2D eigenvalue weighted by Gasteiger charge is -2.07. The van der Waals surface area contributed by atoms with E-state index < -0.39 is 0 Å². The molecule has 0 bridgehead atoms. The van der Waals surface area contributed by atoms with Gasteiger partial charge in [-0.2, -0.15) is 0 Å². The molecule has 0 aromatic carbocycles. The number of likely N-dealkylation sites (N-methyl/N-ethyl adjacent to an activating group) is 1. The van der Waals surface area contributed by atoms with Crippen molar-refractivity contribution in [3.63, 3.8) is 0 Å². The molecule has 1 rings (SSSR count). The molecule has 0 amide bonds. The Morgan fingerprint density at radius 3 is 3.00 bits per heavy atom. The largest absolute Gasteiger partial charge is 0.375 e. The molecule has 0 saturated heterocycles. The molecule has 4 heteroatoms. The quantitative estimate of drug-likeness (QED) is 0.746. The zero-order valence-corrected chi connectivity index (χ0v) is 8.32. The van der Waals surface area contributed by atoms with Crippen molar-refractivity contribution in [1.82, 2.24) is 10.3 Å². The van der Waals surface area contributed by atoms with Gasteiger partial charge in [-0.1, -0.05) is 13.8 Å². The van der Waals surface area contributed by atoms with E-state index in [-0.39, 0.29) is 0 Å². The van der Waals surface area contributed by atoms with Crippen molar-refractivity contribution in [2.24, 2.45) is 0 Å². The molecule has 68 valence electrons. The zero-order chi connectivity index (χ0) is 8.97. The fourth-order valence-corrected chi connectivity index (χ4v) is 1.68. The van der Waals surface area contributed by atoms with Gasteiger partial charge >= 0.3 is 0 Å². The number of thiazole rings is 1. The number of nitrogens with zero attached hydrogens (tertiary/aromatic N) is 1. The third-order valence-corrected chi connectivity index (χ3v) is 2.44. The lowest BCUT2D eigenvalue weighted by atomic mass is 10.1. The Kier molecular flexibility index (Phi) is 3.49. The predicted molar refractivity (Wildman–Crippen MR) is 53.5 cm³/mol. The molecule has 1 aromatic heterocycles. The molecule has 3 nitrogen and oxygen atoms in total. The van der Waals surface area contributed by atoms with Gasteiger partial charge in [0.1, 0.15) is 0 Å². The lowest BCUT2D eigenvalue weighted by molar-refractivity contribution is 0.626. The summed E-state index contributed by atoms with van der Waals surface area (Å²) in [5, 5.41) is 5.97. The second kappa shape index (κ2) is 4.42. The van der Waals surface area contributed by atoms with Crippen molar-refractivity contribution in [3.05, 3.63) is 11.1 Å². The van der Waals surface area contributed by atoms with Gasteiger partial charge in [0, 0.05) is 17.8 Å². The summed E-state index contributed by atoms with van der Waals surface area (Å²) in [4.78, 5) is 4.22. The smallest absolute Gasteiger partial charge is 0.180 e. The van der Waals surface area contributed by atoms with Crippen molar-refractivity contribution in [2.45, 2.75) is 19.8 Å². The highest BCUT2D eigenvalue weighted by molar-refractivity contribution is 7.13. The van der Waals surface area contributed by atoms with Gasteiger partial charge in [0.25, 0.3) is 0 Å². The minimum Gasteiger partial charge on any atom is -0.375 e. The van der Waals surface area contributed by atoms with Crippen LogP contribution in [-0.4, -0.2) is 18.1 Å². The van der Waals surface area contributed by atoms with E-state index in [1.54, 1.807) is 0 Å². The Bertz CT molecular complexity index is 234. The van der Waals surface area contributed by atoms with Gasteiger partial charge in [-0.15, -0.1) is 11.3 Å². The number of hydrogen-bond acceptors (Lipinski definition) is 4. The molecule has 1 heterocycles. The summed E-state index contributed by atoms with van der Waals surface area (Å²) >= 11 is 1.51. The highest BCUT2D eigenvalue weighted by atomic mass is 32.1. The van der Waals surface area contributed by atoms with Crippen LogP contribution in [0.3, 0.4) is 0 Å². The Labute approximate surface area is 77.0 Å². The third-order valence-electron chi connectivity index (χ3n) is 1.75. The van der Waals surface area contributed by atoms with Gasteiger partial charge < -0.3 is 11.1 Å². The number of rotatable bonds is 4. The zero-order valence-electron chi connectivity index (χ0n) is 7.50. The predicted octanol–water partition coefficient (Wildman–Crippen LogP) is 1.44. The van der Waals surface area contributed by atoms with Crippen LogP contribution in [0.25, 0.3) is 0 Å². The van der Waals surface area contributed by atoms with Crippen molar-refractivity contribution in [1.29, 1.82) is 0 Å². The molecule has 0 aliphatic carbocycles. The Hall–Kier alpha value is -0.610. The summed E-state index contributed by atoms with van der Waals surface area (Å²) in [6.45, 7) is 6.23. The number of aromatic nitrogens is 1. The summed E-state index contributed by atoms with van der Waals surface area (Å²) in [5.74, 6) is 0.457. The van der Waals surface area contributed by atoms with Crippen LogP contribution in [-0.2, 0) is 0 Å². The topological polar surface area (TPSA) is 50.9 Å².